The highest BCUT2D eigenvalue weighted by molar-refractivity contribution is 5.86. The maximum absolute atomic E-state index is 13.2. The van der Waals surface area contributed by atoms with Gasteiger partial charge in [-0.15, -0.1) is 0 Å². The monoisotopic (exact) mass is 556 g/mol. The van der Waals surface area contributed by atoms with Crippen molar-refractivity contribution in [2.24, 2.45) is 7.05 Å². The highest BCUT2D eigenvalue weighted by Gasteiger charge is 2.39. The van der Waals surface area contributed by atoms with Gasteiger partial charge in [0, 0.05) is 38.3 Å². The number of hydrogen-bond donors (Lipinski definition) is 0. The van der Waals surface area contributed by atoms with Crippen molar-refractivity contribution in [3.05, 3.63) is 63.7 Å². The van der Waals surface area contributed by atoms with E-state index in [1.165, 1.54) is 23.8 Å². The Balaban J connectivity index is 1.77. The number of carbonyl (C=O) groups is 1. The van der Waals surface area contributed by atoms with Crippen LogP contribution in [-0.4, -0.2) is 57.7 Å². The fourth-order valence-corrected chi connectivity index (χ4v) is 5.36. The molecule has 1 aromatic carbocycles. The number of rotatable bonds is 7. The Bertz CT molecular complexity index is 1480. The summed E-state index contributed by atoms with van der Waals surface area (Å²) in [5.41, 5.74) is 0.562. The molecule has 0 radical (unpaired) electrons. The molecule has 40 heavy (non-hydrogen) atoms. The summed E-state index contributed by atoms with van der Waals surface area (Å²) in [6.45, 7) is 4.87. The molecular formula is C28H31F3N6O3. The molecule has 0 bridgehead atoms. The number of aryl methyl sites for hydroxylation is 1. The van der Waals surface area contributed by atoms with E-state index in [0.29, 0.717) is 48.3 Å². The molecule has 9 nitrogen and oxygen atoms in total. The lowest BCUT2D eigenvalue weighted by Gasteiger charge is -2.49. The molecule has 1 aliphatic rings. The molecular weight excluding hydrogens is 525 g/mol. The van der Waals surface area contributed by atoms with Crippen LogP contribution in [0.2, 0.25) is 0 Å². The van der Waals surface area contributed by atoms with E-state index in [0.717, 1.165) is 12.1 Å². The largest absolute Gasteiger partial charge is 0.469 e. The molecule has 2 unspecified atom stereocenters. The summed E-state index contributed by atoms with van der Waals surface area (Å²) in [4.78, 5) is 38.3. The summed E-state index contributed by atoms with van der Waals surface area (Å²) >= 11 is 0. The van der Waals surface area contributed by atoms with E-state index >= 15 is 0 Å². The van der Waals surface area contributed by atoms with Crippen LogP contribution in [0.3, 0.4) is 0 Å². The lowest BCUT2D eigenvalue weighted by Crippen LogP contribution is -2.59. The number of ether oxygens (including phenoxy) is 1. The van der Waals surface area contributed by atoms with Crippen LogP contribution in [0.4, 0.5) is 19.0 Å². The first-order valence-electron chi connectivity index (χ1n) is 13.1. The topological polar surface area (TPSA) is 104 Å². The van der Waals surface area contributed by atoms with Gasteiger partial charge in [0.2, 0.25) is 0 Å². The molecule has 2 aromatic heterocycles. The van der Waals surface area contributed by atoms with Gasteiger partial charge >= 0.3 is 17.8 Å². The molecule has 3 atom stereocenters. The van der Waals surface area contributed by atoms with Crippen LogP contribution in [0, 0.1) is 11.3 Å². The molecule has 12 heteroatoms. The molecule has 3 heterocycles. The summed E-state index contributed by atoms with van der Waals surface area (Å²) < 4.78 is 46.0. The number of piperazine rings is 1. The number of nitrogens with zero attached hydrogens (tertiary/aromatic N) is 6. The van der Waals surface area contributed by atoms with Crippen molar-refractivity contribution < 1.29 is 22.7 Å². The molecule has 3 aromatic rings. The number of hydrogen-bond acceptors (Lipinski definition) is 8. The number of esters is 1. The van der Waals surface area contributed by atoms with Gasteiger partial charge in [-0.1, -0.05) is 26.0 Å². The maximum atomic E-state index is 13.2. The fourth-order valence-electron chi connectivity index (χ4n) is 5.36. The lowest BCUT2D eigenvalue weighted by atomic mass is 9.94. The van der Waals surface area contributed by atoms with E-state index in [4.69, 9.17) is 4.74 Å². The number of anilines is 1. The van der Waals surface area contributed by atoms with Crippen molar-refractivity contribution >= 4 is 22.8 Å². The van der Waals surface area contributed by atoms with Crippen molar-refractivity contribution in [3.63, 3.8) is 0 Å². The first-order chi connectivity index (χ1) is 19.0. The zero-order chi connectivity index (χ0) is 29.2. The third-order valence-electron chi connectivity index (χ3n) is 7.61. The van der Waals surface area contributed by atoms with Gasteiger partial charge in [0.25, 0.3) is 0 Å². The van der Waals surface area contributed by atoms with E-state index in [-0.39, 0.29) is 24.2 Å². The Hall–Kier alpha value is -3.98. The second-order valence-electron chi connectivity index (χ2n) is 9.84. The zero-order valence-electron chi connectivity index (χ0n) is 22.8. The third kappa shape index (κ3) is 5.65. The van der Waals surface area contributed by atoms with E-state index in [2.05, 4.69) is 14.9 Å². The average molecular weight is 557 g/mol. The molecule has 4 rings (SSSR count). The van der Waals surface area contributed by atoms with Crippen LogP contribution in [0.1, 0.15) is 56.0 Å². The highest BCUT2D eigenvalue weighted by Crippen LogP contribution is 2.36. The van der Waals surface area contributed by atoms with E-state index in [1.807, 2.05) is 24.8 Å². The molecule has 0 spiro atoms. The van der Waals surface area contributed by atoms with Crippen LogP contribution in [-0.2, 0) is 22.8 Å². The first-order valence-corrected chi connectivity index (χ1v) is 13.1. The van der Waals surface area contributed by atoms with Gasteiger partial charge in [0.05, 0.1) is 24.6 Å². The standard InChI is InChI=1S/C28H31F3N6O3/c1-5-20-16-37(26-25-22(35(3)27(39)34-26)12-11-19(14-32)33-25)21(6-2)15-36(20)23(13-24(38)40-4)17-7-9-18(10-8-17)28(29,30)31/h7-12,20-21,23H,5-6,13,15-16H2,1-4H3/t20-,21?,23?/m1/s1. The van der Waals surface area contributed by atoms with Crippen LogP contribution in [0.5, 0.6) is 0 Å². The van der Waals surface area contributed by atoms with Crippen molar-refractivity contribution in [2.75, 3.05) is 25.1 Å². The summed E-state index contributed by atoms with van der Waals surface area (Å²) in [5, 5.41) is 9.44. The summed E-state index contributed by atoms with van der Waals surface area (Å²) in [6.07, 6.45) is -3.19. The molecule has 0 aliphatic carbocycles. The number of aromatic nitrogens is 3. The van der Waals surface area contributed by atoms with Gasteiger partial charge in [0.1, 0.15) is 17.3 Å². The Morgan fingerprint density at radius 3 is 2.35 bits per heavy atom. The number of benzene rings is 1. The Morgan fingerprint density at radius 1 is 1.10 bits per heavy atom. The highest BCUT2D eigenvalue weighted by atomic mass is 19.4. The molecule has 1 fully saturated rings. The molecule has 0 N–H and O–H groups in total. The number of carbonyl (C=O) groups excluding carboxylic acids is 1. The van der Waals surface area contributed by atoms with Crippen molar-refractivity contribution in [2.45, 2.75) is 57.4 Å². The van der Waals surface area contributed by atoms with Crippen LogP contribution in [0.25, 0.3) is 11.0 Å². The second kappa shape index (κ2) is 11.6. The van der Waals surface area contributed by atoms with Gasteiger partial charge in [-0.2, -0.15) is 23.4 Å². The van der Waals surface area contributed by atoms with Crippen LogP contribution >= 0.6 is 0 Å². The maximum Gasteiger partial charge on any atom is 0.416 e. The fraction of sp³-hybridized carbons (Fsp3) is 0.464. The minimum Gasteiger partial charge on any atom is -0.469 e. The van der Waals surface area contributed by atoms with E-state index < -0.39 is 29.4 Å². The summed E-state index contributed by atoms with van der Waals surface area (Å²) in [7, 11) is 2.88. The number of pyridine rings is 1. The van der Waals surface area contributed by atoms with Gasteiger partial charge < -0.3 is 9.64 Å². The lowest BCUT2D eigenvalue weighted by molar-refractivity contribution is -0.142. The predicted molar refractivity (Wildman–Crippen MR) is 143 cm³/mol. The Morgan fingerprint density at radius 2 is 1.77 bits per heavy atom. The summed E-state index contributed by atoms with van der Waals surface area (Å²) in [6, 6.07) is 9.34. The quantitative estimate of drug-likeness (QED) is 0.399. The smallest absolute Gasteiger partial charge is 0.416 e. The van der Waals surface area contributed by atoms with E-state index in [1.54, 1.807) is 19.2 Å². The zero-order valence-corrected chi connectivity index (χ0v) is 22.8. The van der Waals surface area contributed by atoms with Crippen LogP contribution in [0.15, 0.2) is 41.2 Å². The normalized spacial score (nSPS) is 18.9. The summed E-state index contributed by atoms with van der Waals surface area (Å²) in [5.74, 6) is -0.0816. The minimum absolute atomic E-state index is 0.0328. The van der Waals surface area contributed by atoms with E-state index in [9.17, 15) is 28.0 Å². The number of methoxy groups -OCH3 is 1. The van der Waals surface area contributed by atoms with Crippen molar-refractivity contribution in [1.82, 2.24) is 19.4 Å². The molecule has 0 saturated carbocycles. The first kappa shape index (κ1) is 29.0. The Kier molecular flexibility index (Phi) is 8.44. The van der Waals surface area contributed by atoms with Crippen molar-refractivity contribution in [3.8, 4) is 6.07 Å². The number of halogens is 3. The molecule has 1 aliphatic heterocycles. The third-order valence-corrected chi connectivity index (χ3v) is 7.61. The number of alkyl halides is 3. The predicted octanol–water partition coefficient (Wildman–Crippen LogP) is 4.20. The minimum atomic E-state index is -4.47. The number of fused-ring (bicyclic) bond motifs is 1. The average Bonchev–Trinajstić information content (AvgIpc) is 2.96. The molecule has 0 amide bonds. The second-order valence-corrected chi connectivity index (χ2v) is 9.84. The molecule has 212 valence electrons. The SMILES string of the molecule is CCC1CN(C(CC(=O)OC)c2ccc(C(F)(F)F)cc2)[C@H](CC)CN1c1nc(=O)n(C)c2ccc(C#N)nc12. The number of nitriles is 1. The van der Waals surface area contributed by atoms with Gasteiger partial charge in [-0.3, -0.25) is 14.3 Å². The molecule has 1 saturated heterocycles. The van der Waals surface area contributed by atoms with Gasteiger partial charge in [-0.25, -0.2) is 9.78 Å². The van der Waals surface area contributed by atoms with Gasteiger partial charge in [0.15, 0.2) is 5.82 Å². The Labute approximate surface area is 229 Å². The van der Waals surface area contributed by atoms with Crippen LogP contribution < -0.4 is 10.6 Å². The van der Waals surface area contributed by atoms with Gasteiger partial charge in [-0.05, 0) is 42.7 Å². The van der Waals surface area contributed by atoms with Crippen molar-refractivity contribution in [1.29, 1.82) is 5.26 Å².